The van der Waals surface area contributed by atoms with E-state index in [0.29, 0.717) is 11.3 Å². The number of H-pyrrole nitrogens is 1. The SMILES string of the molecule is O=C(Oc1cncc(-c2cc3ccccc3[nH]2)n1)c1ccccc1. The third-order valence-corrected chi connectivity index (χ3v) is 3.63. The van der Waals surface area contributed by atoms with E-state index in [2.05, 4.69) is 15.0 Å². The number of fused-ring (bicyclic) bond motifs is 1. The highest BCUT2D eigenvalue weighted by atomic mass is 16.5. The summed E-state index contributed by atoms with van der Waals surface area (Å²) in [4.78, 5) is 23.9. The van der Waals surface area contributed by atoms with E-state index in [4.69, 9.17) is 4.74 Å². The number of para-hydroxylation sites is 1. The number of ether oxygens (including phenoxy) is 1. The van der Waals surface area contributed by atoms with Crippen LogP contribution >= 0.6 is 0 Å². The van der Waals surface area contributed by atoms with Crippen LogP contribution < -0.4 is 4.74 Å². The van der Waals surface area contributed by atoms with E-state index in [1.165, 1.54) is 6.20 Å². The summed E-state index contributed by atoms with van der Waals surface area (Å²) in [6, 6.07) is 18.7. The summed E-state index contributed by atoms with van der Waals surface area (Å²) in [7, 11) is 0. The van der Waals surface area contributed by atoms with Gasteiger partial charge < -0.3 is 9.72 Å². The first-order valence-corrected chi connectivity index (χ1v) is 7.47. The molecule has 5 heteroatoms. The molecular formula is C19H13N3O2. The lowest BCUT2D eigenvalue weighted by Crippen LogP contribution is -2.09. The summed E-state index contributed by atoms with van der Waals surface area (Å²) in [6.07, 6.45) is 3.05. The van der Waals surface area contributed by atoms with Crippen LogP contribution in [0.2, 0.25) is 0 Å². The van der Waals surface area contributed by atoms with E-state index in [-0.39, 0.29) is 5.88 Å². The van der Waals surface area contributed by atoms with E-state index in [9.17, 15) is 4.79 Å². The highest BCUT2D eigenvalue weighted by Gasteiger charge is 2.11. The average Bonchev–Trinajstić information content (AvgIpc) is 3.07. The van der Waals surface area contributed by atoms with Crippen molar-refractivity contribution in [3.8, 4) is 17.3 Å². The van der Waals surface area contributed by atoms with E-state index in [1.54, 1.807) is 30.5 Å². The minimum Gasteiger partial charge on any atom is -0.402 e. The van der Waals surface area contributed by atoms with Crippen molar-refractivity contribution in [1.29, 1.82) is 0 Å². The Morgan fingerprint density at radius 3 is 2.58 bits per heavy atom. The van der Waals surface area contributed by atoms with Gasteiger partial charge in [-0.05, 0) is 24.3 Å². The number of nitrogens with one attached hydrogen (secondary N) is 1. The number of rotatable bonds is 3. The van der Waals surface area contributed by atoms with Crippen LogP contribution in [0.5, 0.6) is 5.88 Å². The number of hydrogen-bond donors (Lipinski definition) is 1. The van der Waals surface area contributed by atoms with Gasteiger partial charge in [0.25, 0.3) is 0 Å². The number of aromatic amines is 1. The topological polar surface area (TPSA) is 67.9 Å². The maximum atomic E-state index is 12.1. The van der Waals surface area contributed by atoms with Gasteiger partial charge in [0.1, 0.15) is 5.69 Å². The Morgan fingerprint density at radius 1 is 0.958 bits per heavy atom. The summed E-state index contributed by atoms with van der Waals surface area (Å²) >= 11 is 0. The second kappa shape index (κ2) is 5.96. The molecule has 0 aliphatic carbocycles. The van der Waals surface area contributed by atoms with Gasteiger partial charge in [0.15, 0.2) is 0 Å². The number of carbonyl (C=O) groups excluding carboxylic acids is 1. The van der Waals surface area contributed by atoms with Gasteiger partial charge in [0.2, 0.25) is 5.88 Å². The predicted octanol–water partition coefficient (Wildman–Crippen LogP) is 3.84. The summed E-state index contributed by atoms with van der Waals surface area (Å²) in [6.45, 7) is 0. The van der Waals surface area contributed by atoms with Crippen molar-refractivity contribution in [3.63, 3.8) is 0 Å². The molecule has 4 rings (SSSR count). The molecule has 2 aromatic heterocycles. The molecule has 0 saturated heterocycles. The molecular weight excluding hydrogens is 302 g/mol. The quantitative estimate of drug-likeness (QED) is 0.583. The van der Waals surface area contributed by atoms with Gasteiger partial charge in [0.05, 0.1) is 23.7 Å². The minimum absolute atomic E-state index is 0.167. The smallest absolute Gasteiger partial charge is 0.344 e. The molecule has 2 heterocycles. The van der Waals surface area contributed by atoms with Gasteiger partial charge >= 0.3 is 5.97 Å². The van der Waals surface area contributed by atoms with E-state index in [1.807, 2.05) is 36.4 Å². The van der Waals surface area contributed by atoms with Gasteiger partial charge in [-0.3, -0.25) is 4.98 Å². The Morgan fingerprint density at radius 2 is 1.75 bits per heavy atom. The monoisotopic (exact) mass is 315 g/mol. The lowest BCUT2D eigenvalue weighted by Gasteiger charge is -2.04. The highest BCUT2D eigenvalue weighted by Crippen LogP contribution is 2.23. The molecule has 0 aliphatic rings. The molecule has 0 radical (unpaired) electrons. The van der Waals surface area contributed by atoms with Crippen molar-refractivity contribution < 1.29 is 9.53 Å². The van der Waals surface area contributed by atoms with Gasteiger partial charge in [-0.1, -0.05) is 36.4 Å². The summed E-state index contributed by atoms with van der Waals surface area (Å²) in [5.41, 5.74) is 2.92. The second-order valence-corrected chi connectivity index (χ2v) is 5.27. The fourth-order valence-electron chi connectivity index (χ4n) is 2.47. The Kier molecular flexibility index (Phi) is 3.51. The van der Waals surface area contributed by atoms with E-state index in [0.717, 1.165) is 16.6 Å². The van der Waals surface area contributed by atoms with Crippen molar-refractivity contribution in [2.45, 2.75) is 0 Å². The van der Waals surface area contributed by atoms with Gasteiger partial charge in [-0.25, -0.2) is 9.78 Å². The third-order valence-electron chi connectivity index (χ3n) is 3.63. The van der Waals surface area contributed by atoms with E-state index < -0.39 is 5.97 Å². The molecule has 2 aromatic carbocycles. The number of aromatic nitrogens is 3. The zero-order chi connectivity index (χ0) is 16.4. The van der Waals surface area contributed by atoms with Crippen LogP contribution in [0.3, 0.4) is 0 Å². The maximum Gasteiger partial charge on any atom is 0.344 e. The first-order valence-electron chi connectivity index (χ1n) is 7.47. The van der Waals surface area contributed by atoms with Gasteiger partial charge in [-0.2, -0.15) is 0 Å². The zero-order valence-electron chi connectivity index (χ0n) is 12.6. The van der Waals surface area contributed by atoms with Gasteiger partial charge in [-0.15, -0.1) is 0 Å². The molecule has 5 nitrogen and oxygen atoms in total. The van der Waals surface area contributed by atoms with Crippen molar-refractivity contribution >= 4 is 16.9 Å². The Balaban J connectivity index is 1.63. The molecule has 0 saturated carbocycles. The highest BCUT2D eigenvalue weighted by molar-refractivity contribution is 5.90. The fourth-order valence-corrected chi connectivity index (χ4v) is 2.47. The number of esters is 1. The molecule has 0 fully saturated rings. The Labute approximate surface area is 138 Å². The first kappa shape index (κ1) is 14.1. The fraction of sp³-hybridized carbons (Fsp3) is 0. The van der Waals surface area contributed by atoms with Gasteiger partial charge in [0, 0.05) is 10.9 Å². The third kappa shape index (κ3) is 2.75. The Hall–Kier alpha value is -3.47. The Bertz CT molecular complexity index is 976. The molecule has 1 N–H and O–H groups in total. The molecule has 0 amide bonds. The van der Waals surface area contributed by atoms with Crippen molar-refractivity contribution in [1.82, 2.24) is 15.0 Å². The lowest BCUT2D eigenvalue weighted by molar-refractivity contribution is 0.0727. The van der Waals surface area contributed by atoms with Crippen LogP contribution in [-0.2, 0) is 0 Å². The summed E-state index contributed by atoms with van der Waals surface area (Å²) < 4.78 is 5.31. The summed E-state index contributed by atoms with van der Waals surface area (Å²) in [5.74, 6) is -0.293. The number of hydrogen-bond acceptors (Lipinski definition) is 4. The van der Waals surface area contributed by atoms with Crippen LogP contribution in [-0.4, -0.2) is 20.9 Å². The molecule has 0 atom stereocenters. The molecule has 0 bridgehead atoms. The lowest BCUT2D eigenvalue weighted by atomic mass is 10.2. The molecule has 0 unspecified atom stereocenters. The van der Waals surface area contributed by atoms with Crippen LogP contribution in [0.4, 0.5) is 0 Å². The molecule has 24 heavy (non-hydrogen) atoms. The normalized spacial score (nSPS) is 10.7. The average molecular weight is 315 g/mol. The van der Waals surface area contributed by atoms with Crippen LogP contribution in [0.15, 0.2) is 73.1 Å². The summed E-state index contributed by atoms with van der Waals surface area (Å²) in [5, 5.41) is 1.08. The van der Waals surface area contributed by atoms with Crippen molar-refractivity contribution in [3.05, 3.63) is 78.6 Å². The van der Waals surface area contributed by atoms with Crippen molar-refractivity contribution in [2.75, 3.05) is 0 Å². The largest absolute Gasteiger partial charge is 0.402 e. The van der Waals surface area contributed by atoms with Crippen LogP contribution in [0.1, 0.15) is 10.4 Å². The first-order chi connectivity index (χ1) is 11.8. The minimum atomic E-state index is -0.460. The standard InChI is InChI=1S/C19H13N3O2/c23-19(13-6-2-1-3-7-13)24-18-12-20-11-17(22-18)16-10-14-8-4-5-9-15(14)21-16/h1-12,21H. The molecule has 116 valence electrons. The van der Waals surface area contributed by atoms with Crippen molar-refractivity contribution in [2.24, 2.45) is 0 Å². The molecule has 0 aliphatic heterocycles. The zero-order valence-corrected chi connectivity index (χ0v) is 12.6. The predicted molar refractivity (Wildman–Crippen MR) is 90.7 cm³/mol. The second-order valence-electron chi connectivity index (χ2n) is 5.27. The van der Waals surface area contributed by atoms with E-state index >= 15 is 0 Å². The molecule has 4 aromatic rings. The maximum absolute atomic E-state index is 12.1. The van der Waals surface area contributed by atoms with Crippen LogP contribution in [0, 0.1) is 0 Å². The number of carbonyl (C=O) groups is 1. The number of nitrogens with zero attached hydrogens (tertiary/aromatic N) is 2. The van der Waals surface area contributed by atoms with Crippen LogP contribution in [0.25, 0.3) is 22.3 Å². The molecule has 0 spiro atoms. The number of benzene rings is 2.